The Hall–Kier alpha value is -2.48. The number of aromatic nitrogens is 1. The lowest BCUT2D eigenvalue weighted by Crippen LogP contribution is -2.50. The fraction of sp³-hybridized carbons (Fsp3) is 0.368. The molecule has 5 nitrogen and oxygen atoms in total. The first-order valence-corrected chi connectivity index (χ1v) is 9.14. The van der Waals surface area contributed by atoms with Gasteiger partial charge in [-0.2, -0.15) is 13.2 Å². The van der Waals surface area contributed by atoms with Gasteiger partial charge in [0.25, 0.3) is 11.7 Å². The lowest BCUT2D eigenvalue weighted by Gasteiger charge is -2.31. The molecule has 0 spiro atoms. The molecule has 3 rings (SSSR count). The number of anilines is 2. The van der Waals surface area contributed by atoms with Crippen molar-refractivity contribution in [1.29, 1.82) is 0 Å². The van der Waals surface area contributed by atoms with Gasteiger partial charge in [-0.15, -0.1) is 0 Å². The van der Waals surface area contributed by atoms with Crippen LogP contribution in [0.2, 0.25) is 5.02 Å². The zero-order valence-electron chi connectivity index (χ0n) is 15.6. The smallest absolute Gasteiger partial charge is 0.378 e. The summed E-state index contributed by atoms with van der Waals surface area (Å²) in [6.07, 6.45) is -3.55. The van der Waals surface area contributed by atoms with E-state index >= 15 is 0 Å². The minimum absolute atomic E-state index is 0.00767. The maximum Gasteiger partial charge on any atom is 0.419 e. The SMILES string of the molecule is CN(C)c1cccc(C(=O)N2CCN(c3[nH+]cc(C(F)(F)F)cc3Cl)CC2)c1. The molecule has 1 aromatic carbocycles. The summed E-state index contributed by atoms with van der Waals surface area (Å²) in [6, 6.07) is 8.31. The molecule has 1 aliphatic rings. The third-order valence-corrected chi connectivity index (χ3v) is 4.98. The Morgan fingerprint density at radius 3 is 2.39 bits per heavy atom. The normalized spacial score (nSPS) is 14.9. The number of piperazine rings is 1. The molecule has 0 radical (unpaired) electrons. The molecule has 2 aromatic rings. The minimum Gasteiger partial charge on any atom is -0.378 e. The molecule has 1 N–H and O–H groups in total. The van der Waals surface area contributed by atoms with Crippen molar-refractivity contribution in [3.05, 3.63) is 52.7 Å². The summed E-state index contributed by atoms with van der Waals surface area (Å²) in [5.41, 5.74) is 0.727. The Labute approximate surface area is 166 Å². The summed E-state index contributed by atoms with van der Waals surface area (Å²) in [4.78, 5) is 20.9. The van der Waals surface area contributed by atoms with Crippen LogP contribution in [0.5, 0.6) is 0 Å². The summed E-state index contributed by atoms with van der Waals surface area (Å²) >= 11 is 6.05. The first-order valence-electron chi connectivity index (χ1n) is 8.77. The number of nitrogens with zero attached hydrogens (tertiary/aromatic N) is 3. The predicted octanol–water partition coefficient (Wildman–Crippen LogP) is 3.20. The maximum absolute atomic E-state index is 12.8. The van der Waals surface area contributed by atoms with Crippen molar-refractivity contribution in [2.24, 2.45) is 0 Å². The fourth-order valence-corrected chi connectivity index (χ4v) is 3.39. The second-order valence-electron chi connectivity index (χ2n) is 6.81. The molecule has 1 saturated heterocycles. The summed E-state index contributed by atoms with van der Waals surface area (Å²) in [5, 5.41) is 0.00767. The number of benzene rings is 1. The zero-order chi connectivity index (χ0) is 20.5. The highest BCUT2D eigenvalue weighted by Gasteiger charge is 2.34. The highest BCUT2D eigenvalue weighted by Crippen LogP contribution is 2.32. The zero-order valence-corrected chi connectivity index (χ0v) is 16.3. The van der Waals surface area contributed by atoms with Gasteiger partial charge in [0.15, 0.2) is 0 Å². The highest BCUT2D eigenvalue weighted by molar-refractivity contribution is 6.32. The Balaban J connectivity index is 1.68. The van der Waals surface area contributed by atoms with Gasteiger partial charge in [-0.3, -0.25) is 9.69 Å². The van der Waals surface area contributed by atoms with Crippen LogP contribution in [0.1, 0.15) is 15.9 Å². The molecular weight excluding hydrogens is 393 g/mol. The Morgan fingerprint density at radius 1 is 1.14 bits per heavy atom. The highest BCUT2D eigenvalue weighted by atomic mass is 35.5. The molecule has 28 heavy (non-hydrogen) atoms. The quantitative estimate of drug-likeness (QED) is 0.776. The van der Waals surface area contributed by atoms with Crippen LogP contribution in [-0.4, -0.2) is 51.1 Å². The van der Waals surface area contributed by atoms with Gasteiger partial charge in [0, 0.05) is 25.3 Å². The van der Waals surface area contributed by atoms with E-state index in [1.165, 1.54) is 0 Å². The van der Waals surface area contributed by atoms with Gasteiger partial charge in [0.05, 0.1) is 18.7 Å². The number of carbonyl (C=O) groups is 1. The minimum atomic E-state index is -4.45. The van der Waals surface area contributed by atoms with Crippen molar-refractivity contribution in [1.82, 2.24) is 4.90 Å². The molecule has 0 saturated carbocycles. The topological polar surface area (TPSA) is 40.9 Å². The number of hydrogen-bond acceptors (Lipinski definition) is 3. The molecule has 0 aliphatic carbocycles. The second kappa shape index (κ2) is 7.87. The number of nitrogens with one attached hydrogen (secondary N) is 1. The molecule has 1 fully saturated rings. The van der Waals surface area contributed by atoms with E-state index in [2.05, 4.69) is 4.98 Å². The van der Waals surface area contributed by atoms with E-state index in [1.807, 2.05) is 42.1 Å². The van der Waals surface area contributed by atoms with Crippen molar-refractivity contribution >= 4 is 29.0 Å². The third kappa shape index (κ3) is 4.32. The van der Waals surface area contributed by atoms with E-state index in [0.717, 1.165) is 18.0 Å². The molecule has 1 amide bonds. The number of rotatable bonds is 3. The summed E-state index contributed by atoms with van der Waals surface area (Å²) < 4.78 is 38.3. The molecular formula is C19H21ClF3N4O+. The maximum atomic E-state index is 12.8. The monoisotopic (exact) mass is 413 g/mol. The molecule has 150 valence electrons. The molecule has 0 atom stereocenters. The van der Waals surface area contributed by atoms with Gasteiger partial charge >= 0.3 is 6.18 Å². The Kier molecular flexibility index (Phi) is 5.69. The van der Waals surface area contributed by atoms with Crippen LogP contribution >= 0.6 is 11.6 Å². The Bertz CT molecular complexity index is 864. The van der Waals surface area contributed by atoms with Crippen LogP contribution in [0.3, 0.4) is 0 Å². The molecule has 9 heteroatoms. The molecule has 1 aromatic heterocycles. The largest absolute Gasteiger partial charge is 0.419 e. The number of carbonyl (C=O) groups excluding carboxylic acids is 1. The van der Waals surface area contributed by atoms with Gasteiger partial charge in [-0.25, -0.2) is 4.98 Å². The van der Waals surface area contributed by atoms with Crippen LogP contribution in [-0.2, 0) is 6.18 Å². The third-order valence-electron chi connectivity index (χ3n) is 4.69. The van der Waals surface area contributed by atoms with Gasteiger partial charge in [0.2, 0.25) is 0 Å². The summed E-state index contributed by atoms with van der Waals surface area (Å²) in [7, 11) is 3.82. The van der Waals surface area contributed by atoms with Crippen molar-refractivity contribution < 1.29 is 22.9 Å². The van der Waals surface area contributed by atoms with Gasteiger partial charge in [-0.05, 0) is 24.3 Å². The van der Waals surface area contributed by atoms with E-state index in [4.69, 9.17) is 11.6 Å². The Morgan fingerprint density at radius 2 is 1.82 bits per heavy atom. The molecule has 1 aliphatic heterocycles. The number of H-pyrrole nitrogens is 1. The number of amides is 1. The van der Waals surface area contributed by atoms with Gasteiger partial charge in [-0.1, -0.05) is 17.7 Å². The van der Waals surface area contributed by atoms with Gasteiger partial charge < -0.3 is 9.80 Å². The predicted molar refractivity (Wildman–Crippen MR) is 102 cm³/mol. The average Bonchev–Trinajstić information content (AvgIpc) is 2.67. The molecule has 0 bridgehead atoms. The van der Waals surface area contributed by atoms with E-state index in [0.29, 0.717) is 37.6 Å². The molecule has 0 unspecified atom stereocenters. The van der Waals surface area contributed by atoms with E-state index in [-0.39, 0.29) is 10.9 Å². The average molecular weight is 414 g/mol. The van der Waals surface area contributed by atoms with Crippen molar-refractivity contribution in [3.63, 3.8) is 0 Å². The first-order chi connectivity index (χ1) is 13.2. The number of pyridine rings is 1. The fourth-order valence-electron chi connectivity index (χ4n) is 3.10. The van der Waals surface area contributed by atoms with Gasteiger partial charge in [0.1, 0.15) is 24.3 Å². The summed E-state index contributed by atoms with van der Waals surface area (Å²) in [6.45, 7) is 1.85. The van der Waals surface area contributed by atoms with Crippen LogP contribution in [0.15, 0.2) is 36.5 Å². The number of alkyl halides is 3. The molecule has 2 heterocycles. The van der Waals surface area contributed by atoms with Crippen LogP contribution in [0.4, 0.5) is 24.7 Å². The number of halogens is 4. The van der Waals surface area contributed by atoms with E-state index in [1.54, 1.807) is 11.0 Å². The van der Waals surface area contributed by atoms with Crippen LogP contribution in [0.25, 0.3) is 0 Å². The summed E-state index contributed by atoms with van der Waals surface area (Å²) in [5.74, 6) is 0.363. The lowest BCUT2D eigenvalue weighted by atomic mass is 10.1. The van der Waals surface area contributed by atoms with Crippen molar-refractivity contribution in [2.45, 2.75) is 6.18 Å². The number of hydrogen-bond donors (Lipinski definition) is 0. The van der Waals surface area contributed by atoms with E-state index in [9.17, 15) is 18.0 Å². The second-order valence-corrected chi connectivity index (χ2v) is 7.21. The first kappa shape index (κ1) is 20.3. The van der Waals surface area contributed by atoms with E-state index < -0.39 is 11.7 Å². The van der Waals surface area contributed by atoms with Crippen molar-refractivity contribution in [2.75, 3.05) is 50.1 Å². The number of aromatic amines is 1. The standard InChI is InChI=1S/C19H20ClF3N4O/c1-25(2)15-5-3-4-13(10-15)18(28)27-8-6-26(7-9-27)17-16(20)11-14(12-24-17)19(21,22)23/h3-5,10-12H,6-9H2,1-2H3/p+1. The lowest BCUT2D eigenvalue weighted by molar-refractivity contribution is -0.367. The van der Waals surface area contributed by atoms with Crippen LogP contribution in [0, 0.1) is 0 Å². The van der Waals surface area contributed by atoms with Crippen LogP contribution < -0.4 is 14.8 Å². The van der Waals surface area contributed by atoms with Crippen molar-refractivity contribution in [3.8, 4) is 0 Å².